The van der Waals surface area contributed by atoms with Crippen LogP contribution < -0.4 is 10.3 Å². The van der Waals surface area contributed by atoms with Crippen molar-refractivity contribution in [2.75, 3.05) is 6.61 Å². The zero-order chi connectivity index (χ0) is 20.2. The van der Waals surface area contributed by atoms with Crippen LogP contribution in [-0.2, 0) is 0 Å². The average molecular weight is 381 g/mol. The molecule has 0 aliphatic heterocycles. The van der Waals surface area contributed by atoms with Gasteiger partial charge in [0.05, 0.1) is 17.9 Å². The van der Waals surface area contributed by atoms with Crippen molar-refractivity contribution < 1.29 is 4.74 Å². The molecule has 0 bridgehead atoms. The Kier molecular flexibility index (Phi) is 5.30. The van der Waals surface area contributed by atoms with Gasteiger partial charge in [-0.1, -0.05) is 78.9 Å². The monoisotopic (exact) mass is 381 g/mol. The second-order valence-corrected chi connectivity index (χ2v) is 6.82. The van der Waals surface area contributed by atoms with Gasteiger partial charge >= 0.3 is 0 Å². The summed E-state index contributed by atoms with van der Waals surface area (Å²) in [5.74, 6) is 0.648. The van der Waals surface area contributed by atoms with E-state index in [1.807, 2.05) is 92.7 Å². The number of aromatic nitrogens is 1. The molecule has 0 atom stereocenters. The second kappa shape index (κ2) is 8.19. The molecule has 3 aromatic carbocycles. The Labute approximate surface area is 170 Å². The molecule has 0 unspecified atom stereocenters. The van der Waals surface area contributed by atoms with E-state index in [2.05, 4.69) is 12.1 Å². The van der Waals surface area contributed by atoms with E-state index < -0.39 is 0 Å². The lowest BCUT2D eigenvalue weighted by Gasteiger charge is -2.23. The van der Waals surface area contributed by atoms with Crippen LogP contribution >= 0.6 is 0 Å². The van der Waals surface area contributed by atoms with Gasteiger partial charge in [0.15, 0.2) is 0 Å². The van der Waals surface area contributed by atoms with Crippen molar-refractivity contribution in [1.29, 1.82) is 0 Å². The third kappa shape index (κ3) is 3.47. The molecule has 29 heavy (non-hydrogen) atoms. The normalized spacial score (nSPS) is 10.7. The van der Waals surface area contributed by atoms with Crippen LogP contribution in [0.2, 0.25) is 0 Å². The highest BCUT2D eigenvalue weighted by atomic mass is 16.5. The molecule has 0 amide bonds. The van der Waals surface area contributed by atoms with E-state index in [0.29, 0.717) is 17.9 Å². The molecule has 1 aromatic heterocycles. The van der Waals surface area contributed by atoms with Crippen molar-refractivity contribution in [3.05, 3.63) is 107 Å². The van der Waals surface area contributed by atoms with Crippen LogP contribution in [0.5, 0.6) is 5.75 Å². The number of para-hydroxylation sites is 1. The summed E-state index contributed by atoms with van der Waals surface area (Å²) in [5, 5.41) is 0. The van der Waals surface area contributed by atoms with Gasteiger partial charge < -0.3 is 4.74 Å². The highest BCUT2D eigenvalue weighted by Gasteiger charge is 2.23. The predicted octanol–water partition coefficient (Wildman–Crippen LogP) is 5.88. The molecule has 0 radical (unpaired) electrons. The lowest BCUT2D eigenvalue weighted by molar-refractivity contribution is 0.338. The lowest BCUT2D eigenvalue weighted by Crippen LogP contribution is -2.24. The number of rotatable bonds is 5. The van der Waals surface area contributed by atoms with Crippen molar-refractivity contribution in [3.63, 3.8) is 0 Å². The van der Waals surface area contributed by atoms with Crippen LogP contribution in [0.15, 0.2) is 95.8 Å². The maximum absolute atomic E-state index is 13.5. The summed E-state index contributed by atoms with van der Waals surface area (Å²) in [5.41, 5.74) is 5.12. The molecule has 4 rings (SSSR count). The molecule has 0 fully saturated rings. The Morgan fingerprint density at radius 1 is 0.759 bits per heavy atom. The summed E-state index contributed by atoms with van der Waals surface area (Å²) in [6, 6.07) is 29.9. The predicted molar refractivity (Wildman–Crippen MR) is 119 cm³/mol. The zero-order valence-electron chi connectivity index (χ0n) is 16.6. The number of nitrogens with zero attached hydrogens (tertiary/aromatic N) is 1. The molecule has 0 N–H and O–H groups in total. The summed E-state index contributed by atoms with van der Waals surface area (Å²) < 4.78 is 7.84. The smallest absolute Gasteiger partial charge is 0.262 e. The van der Waals surface area contributed by atoms with Gasteiger partial charge in [-0.15, -0.1) is 0 Å². The Bertz CT molecular complexity index is 1160. The first-order valence-electron chi connectivity index (χ1n) is 9.81. The van der Waals surface area contributed by atoms with Crippen LogP contribution in [-0.4, -0.2) is 11.2 Å². The van der Waals surface area contributed by atoms with Crippen molar-refractivity contribution in [2.45, 2.75) is 13.8 Å². The first-order valence-corrected chi connectivity index (χ1v) is 9.81. The largest absolute Gasteiger partial charge is 0.493 e. The lowest BCUT2D eigenvalue weighted by atomic mass is 9.95. The van der Waals surface area contributed by atoms with E-state index >= 15 is 0 Å². The number of hydrogen-bond donors (Lipinski definition) is 0. The molecule has 0 aliphatic rings. The van der Waals surface area contributed by atoms with Gasteiger partial charge in [-0.2, -0.15) is 0 Å². The molecule has 0 saturated carbocycles. The highest BCUT2D eigenvalue weighted by molar-refractivity contribution is 5.87. The van der Waals surface area contributed by atoms with Gasteiger partial charge in [0.25, 0.3) is 5.56 Å². The van der Waals surface area contributed by atoms with Crippen molar-refractivity contribution in [1.82, 2.24) is 4.57 Å². The number of pyridine rings is 1. The maximum Gasteiger partial charge on any atom is 0.262 e. The third-order valence-corrected chi connectivity index (χ3v) is 4.96. The van der Waals surface area contributed by atoms with Crippen molar-refractivity contribution in [2.24, 2.45) is 0 Å². The summed E-state index contributed by atoms with van der Waals surface area (Å²) in [7, 11) is 0. The van der Waals surface area contributed by atoms with Crippen molar-refractivity contribution in [3.8, 4) is 33.8 Å². The standard InChI is InChI=1S/C26H23NO2/c1-3-29-25-19(2)26(28)27(22-17-11-6-12-18-22)24(21-15-9-5-10-16-21)23(25)20-13-7-4-8-14-20/h4-18H,3H2,1-2H3. The molecule has 3 nitrogen and oxygen atoms in total. The molecule has 3 heteroatoms. The Morgan fingerprint density at radius 3 is 1.83 bits per heavy atom. The second-order valence-electron chi connectivity index (χ2n) is 6.82. The fourth-order valence-electron chi connectivity index (χ4n) is 3.66. The van der Waals surface area contributed by atoms with Gasteiger partial charge in [-0.3, -0.25) is 9.36 Å². The Hall–Kier alpha value is -3.59. The third-order valence-electron chi connectivity index (χ3n) is 4.96. The minimum atomic E-state index is -0.0711. The summed E-state index contributed by atoms with van der Waals surface area (Å²) in [6.45, 7) is 4.27. The zero-order valence-corrected chi connectivity index (χ0v) is 16.6. The number of benzene rings is 3. The average Bonchev–Trinajstić information content (AvgIpc) is 2.78. The molecule has 0 spiro atoms. The number of ether oxygens (including phenoxy) is 1. The molecular formula is C26H23NO2. The van der Waals surface area contributed by atoms with E-state index in [0.717, 1.165) is 28.1 Å². The summed E-state index contributed by atoms with van der Waals surface area (Å²) >= 11 is 0. The van der Waals surface area contributed by atoms with Crippen LogP contribution in [0.3, 0.4) is 0 Å². The molecular weight excluding hydrogens is 358 g/mol. The van der Waals surface area contributed by atoms with E-state index in [1.165, 1.54) is 0 Å². The van der Waals surface area contributed by atoms with Crippen LogP contribution in [0, 0.1) is 6.92 Å². The van der Waals surface area contributed by atoms with Crippen LogP contribution in [0.1, 0.15) is 12.5 Å². The Morgan fingerprint density at radius 2 is 1.28 bits per heavy atom. The first-order chi connectivity index (χ1) is 14.2. The van der Waals surface area contributed by atoms with Gasteiger partial charge in [-0.05, 0) is 37.1 Å². The number of hydrogen-bond acceptors (Lipinski definition) is 2. The highest BCUT2D eigenvalue weighted by Crippen LogP contribution is 2.40. The van der Waals surface area contributed by atoms with Crippen molar-refractivity contribution >= 4 is 0 Å². The fraction of sp³-hybridized carbons (Fsp3) is 0.115. The van der Waals surface area contributed by atoms with Gasteiger partial charge in [-0.25, -0.2) is 0 Å². The van der Waals surface area contributed by atoms with E-state index in [9.17, 15) is 4.79 Å². The summed E-state index contributed by atoms with van der Waals surface area (Å²) in [4.78, 5) is 13.5. The SMILES string of the molecule is CCOc1c(-c2ccccc2)c(-c2ccccc2)n(-c2ccccc2)c(=O)c1C. The quantitative estimate of drug-likeness (QED) is 0.432. The molecule has 144 valence electrons. The minimum absolute atomic E-state index is 0.0711. The first kappa shape index (κ1) is 18.8. The maximum atomic E-state index is 13.5. The minimum Gasteiger partial charge on any atom is -0.493 e. The van der Waals surface area contributed by atoms with Crippen LogP contribution in [0.4, 0.5) is 0 Å². The van der Waals surface area contributed by atoms with Gasteiger partial charge in [0, 0.05) is 11.3 Å². The molecule has 1 heterocycles. The van der Waals surface area contributed by atoms with E-state index in [-0.39, 0.29) is 5.56 Å². The Balaban J connectivity index is 2.21. The summed E-state index contributed by atoms with van der Waals surface area (Å²) in [6.07, 6.45) is 0. The van der Waals surface area contributed by atoms with Gasteiger partial charge in [0.1, 0.15) is 5.75 Å². The van der Waals surface area contributed by atoms with E-state index in [4.69, 9.17) is 4.74 Å². The molecule has 4 aromatic rings. The van der Waals surface area contributed by atoms with Gasteiger partial charge in [0.2, 0.25) is 0 Å². The van der Waals surface area contributed by atoms with E-state index in [1.54, 1.807) is 4.57 Å². The van der Waals surface area contributed by atoms with Crippen LogP contribution in [0.25, 0.3) is 28.1 Å². The topological polar surface area (TPSA) is 31.2 Å². The molecule has 0 aliphatic carbocycles. The molecule has 0 saturated heterocycles. The fourth-order valence-corrected chi connectivity index (χ4v) is 3.66.